The van der Waals surface area contributed by atoms with Crippen LogP contribution in [0.3, 0.4) is 0 Å². The Balaban J connectivity index is 2.78. The Labute approximate surface area is 106 Å². The SMILES string of the molecule is CC(C)CC(C)(NCCCN)c1ccccc1. The molecular formula is C15H26N2. The molecule has 17 heavy (non-hydrogen) atoms. The molecule has 2 nitrogen and oxygen atoms in total. The molecule has 0 aromatic heterocycles. The van der Waals surface area contributed by atoms with Gasteiger partial charge in [0.2, 0.25) is 0 Å². The van der Waals surface area contributed by atoms with Gasteiger partial charge in [0.15, 0.2) is 0 Å². The number of rotatable bonds is 7. The highest BCUT2D eigenvalue weighted by Crippen LogP contribution is 2.28. The number of hydrogen-bond acceptors (Lipinski definition) is 2. The number of nitrogens with one attached hydrogen (secondary N) is 1. The maximum Gasteiger partial charge on any atom is 0.0408 e. The van der Waals surface area contributed by atoms with Crippen molar-refractivity contribution in [1.29, 1.82) is 0 Å². The van der Waals surface area contributed by atoms with Crippen molar-refractivity contribution < 1.29 is 0 Å². The first kappa shape index (κ1) is 14.2. The molecule has 1 aromatic carbocycles. The minimum absolute atomic E-state index is 0.0601. The van der Waals surface area contributed by atoms with E-state index in [1.165, 1.54) is 5.56 Å². The Bertz CT molecular complexity index is 308. The van der Waals surface area contributed by atoms with Gasteiger partial charge < -0.3 is 11.1 Å². The molecule has 0 saturated heterocycles. The molecule has 0 heterocycles. The van der Waals surface area contributed by atoms with E-state index in [0.717, 1.165) is 25.9 Å². The highest BCUT2D eigenvalue weighted by atomic mass is 15.0. The van der Waals surface area contributed by atoms with Crippen molar-refractivity contribution in [1.82, 2.24) is 5.32 Å². The molecule has 0 aliphatic carbocycles. The summed E-state index contributed by atoms with van der Waals surface area (Å²) in [7, 11) is 0. The van der Waals surface area contributed by atoms with Crippen molar-refractivity contribution in [2.75, 3.05) is 13.1 Å². The molecule has 1 atom stereocenters. The van der Waals surface area contributed by atoms with E-state index in [9.17, 15) is 0 Å². The Kier molecular flexibility index (Phi) is 5.66. The standard InChI is InChI=1S/C15H26N2/c1-13(2)12-15(3,17-11-7-10-16)14-8-5-4-6-9-14/h4-6,8-9,13,17H,7,10-12,16H2,1-3H3. The predicted octanol–water partition coefficient (Wildman–Crippen LogP) is 2.89. The first-order valence-electron chi connectivity index (χ1n) is 6.59. The molecule has 0 aliphatic rings. The summed E-state index contributed by atoms with van der Waals surface area (Å²) in [6, 6.07) is 10.7. The highest BCUT2D eigenvalue weighted by Gasteiger charge is 2.26. The zero-order chi connectivity index (χ0) is 12.7. The van der Waals surface area contributed by atoms with Gasteiger partial charge in [-0.3, -0.25) is 0 Å². The van der Waals surface area contributed by atoms with E-state index in [4.69, 9.17) is 5.73 Å². The van der Waals surface area contributed by atoms with Crippen molar-refractivity contribution in [2.45, 2.75) is 39.2 Å². The lowest BCUT2D eigenvalue weighted by atomic mass is 9.84. The molecule has 1 unspecified atom stereocenters. The monoisotopic (exact) mass is 234 g/mol. The second kappa shape index (κ2) is 6.77. The average molecular weight is 234 g/mol. The molecule has 2 heteroatoms. The van der Waals surface area contributed by atoms with E-state index < -0.39 is 0 Å². The minimum atomic E-state index is 0.0601. The van der Waals surface area contributed by atoms with Crippen LogP contribution in [0.15, 0.2) is 30.3 Å². The van der Waals surface area contributed by atoms with Crippen LogP contribution in [0.1, 0.15) is 39.2 Å². The molecule has 0 amide bonds. The van der Waals surface area contributed by atoms with Crippen LogP contribution in [-0.4, -0.2) is 13.1 Å². The minimum Gasteiger partial charge on any atom is -0.330 e. The molecule has 1 aromatic rings. The first-order chi connectivity index (χ1) is 8.08. The lowest BCUT2D eigenvalue weighted by Crippen LogP contribution is -2.41. The molecule has 3 N–H and O–H groups in total. The van der Waals surface area contributed by atoms with Gasteiger partial charge in [0.05, 0.1) is 0 Å². The lowest BCUT2D eigenvalue weighted by Gasteiger charge is -2.33. The van der Waals surface area contributed by atoms with Gasteiger partial charge >= 0.3 is 0 Å². The quantitative estimate of drug-likeness (QED) is 0.712. The topological polar surface area (TPSA) is 38.0 Å². The van der Waals surface area contributed by atoms with E-state index >= 15 is 0 Å². The largest absolute Gasteiger partial charge is 0.330 e. The summed E-state index contributed by atoms with van der Waals surface area (Å²) in [6.45, 7) is 8.56. The van der Waals surface area contributed by atoms with Crippen molar-refractivity contribution in [3.05, 3.63) is 35.9 Å². The zero-order valence-electron chi connectivity index (χ0n) is 11.4. The molecule has 0 bridgehead atoms. The van der Waals surface area contributed by atoms with Gasteiger partial charge in [-0.1, -0.05) is 44.2 Å². The third-order valence-corrected chi connectivity index (χ3v) is 3.12. The van der Waals surface area contributed by atoms with E-state index in [1.807, 2.05) is 0 Å². The number of benzene rings is 1. The Hall–Kier alpha value is -0.860. The molecule has 1 rings (SSSR count). The Morgan fingerprint density at radius 3 is 2.41 bits per heavy atom. The molecule has 0 fully saturated rings. The summed E-state index contributed by atoms with van der Waals surface area (Å²) in [4.78, 5) is 0. The van der Waals surface area contributed by atoms with Gasteiger partial charge in [-0.25, -0.2) is 0 Å². The summed E-state index contributed by atoms with van der Waals surface area (Å²) in [5.41, 5.74) is 6.98. The summed E-state index contributed by atoms with van der Waals surface area (Å²) in [6.07, 6.45) is 2.17. The van der Waals surface area contributed by atoms with E-state index in [1.54, 1.807) is 0 Å². The van der Waals surface area contributed by atoms with Crippen LogP contribution >= 0.6 is 0 Å². The van der Waals surface area contributed by atoms with Crippen LogP contribution in [0.2, 0.25) is 0 Å². The third-order valence-electron chi connectivity index (χ3n) is 3.12. The van der Waals surface area contributed by atoms with E-state index in [-0.39, 0.29) is 5.54 Å². The van der Waals surface area contributed by atoms with Gasteiger partial charge in [-0.2, -0.15) is 0 Å². The third kappa shape index (κ3) is 4.49. The van der Waals surface area contributed by atoms with E-state index in [0.29, 0.717) is 5.92 Å². The molecule has 96 valence electrons. The first-order valence-corrected chi connectivity index (χ1v) is 6.59. The van der Waals surface area contributed by atoms with Gasteiger partial charge in [0, 0.05) is 5.54 Å². The van der Waals surface area contributed by atoms with Crippen molar-refractivity contribution >= 4 is 0 Å². The van der Waals surface area contributed by atoms with Gasteiger partial charge in [0.25, 0.3) is 0 Å². The summed E-state index contributed by atoms with van der Waals surface area (Å²) < 4.78 is 0. The fourth-order valence-electron chi connectivity index (χ4n) is 2.38. The summed E-state index contributed by atoms with van der Waals surface area (Å²) in [5.74, 6) is 0.672. The molecule has 0 aliphatic heterocycles. The predicted molar refractivity (Wildman–Crippen MR) is 74.9 cm³/mol. The maximum absolute atomic E-state index is 5.56. The highest BCUT2D eigenvalue weighted by molar-refractivity contribution is 5.23. The van der Waals surface area contributed by atoms with Crippen LogP contribution in [0.5, 0.6) is 0 Å². The van der Waals surface area contributed by atoms with Gasteiger partial charge in [-0.05, 0) is 44.3 Å². The maximum atomic E-state index is 5.56. The van der Waals surface area contributed by atoms with Crippen LogP contribution in [0.4, 0.5) is 0 Å². The van der Waals surface area contributed by atoms with Crippen LogP contribution < -0.4 is 11.1 Å². The fourth-order valence-corrected chi connectivity index (χ4v) is 2.38. The smallest absolute Gasteiger partial charge is 0.0408 e. The van der Waals surface area contributed by atoms with Crippen molar-refractivity contribution in [3.63, 3.8) is 0 Å². The Morgan fingerprint density at radius 2 is 1.88 bits per heavy atom. The van der Waals surface area contributed by atoms with Crippen molar-refractivity contribution in [3.8, 4) is 0 Å². The van der Waals surface area contributed by atoms with Crippen LogP contribution in [-0.2, 0) is 5.54 Å². The number of hydrogen-bond donors (Lipinski definition) is 2. The fraction of sp³-hybridized carbons (Fsp3) is 0.600. The van der Waals surface area contributed by atoms with Gasteiger partial charge in [0.1, 0.15) is 0 Å². The second-order valence-electron chi connectivity index (χ2n) is 5.37. The summed E-state index contributed by atoms with van der Waals surface area (Å²) in [5, 5.41) is 3.66. The lowest BCUT2D eigenvalue weighted by molar-refractivity contribution is 0.297. The van der Waals surface area contributed by atoms with Crippen LogP contribution in [0, 0.1) is 5.92 Å². The van der Waals surface area contributed by atoms with Crippen molar-refractivity contribution in [2.24, 2.45) is 11.7 Å². The van der Waals surface area contributed by atoms with E-state index in [2.05, 4.69) is 56.4 Å². The molecule has 0 radical (unpaired) electrons. The van der Waals surface area contributed by atoms with Crippen LogP contribution in [0.25, 0.3) is 0 Å². The summed E-state index contributed by atoms with van der Waals surface area (Å²) >= 11 is 0. The molecular weight excluding hydrogens is 208 g/mol. The molecule has 0 saturated carbocycles. The normalized spacial score (nSPS) is 14.9. The average Bonchev–Trinajstić information content (AvgIpc) is 2.29. The van der Waals surface area contributed by atoms with Gasteiger partial charge in [-0.15, -0.1) is 0 Å². The second-order valence-corrected chi connectivity index (χ2v) is 5.37. The zero-order valence-corrected chi connectivity index (χ0v) is 11.4. The Morgan fingerprint density at radius 1 is 1.24 bits per heavy atom. The number of nitrogens with two attached hydrogens (primary N) is 1. The molecule has 0 spiro atoms.